The summed E-state index contributed by atoms with van der Waals surface area (Å²) in [6.07, 6.45) is 0. The van der Waals surface area contributed by atoms with E-state index in [9.17, 15) is 4.79 Å². The second kappa shape index (κ2) is 5.00. The van der Waals surface area contributed by atoms with Crippen LogP contribution in [0.3, 0.4) is 0 Å². The number of hydrogen-bond donors (Lipinski definition) is 0. The molecule has 0 aliphatic carbocycles. The van der Waals surface area contributed by atoms with Crippen LogP contribution in [0.15, 0.2) is 24.3 Å². The third-order valence-electron chi connectivity index (χ3n) is 2.48. The molecule has 0 fully saturated rings. The zero-order valence-corrected chi connectivity index (χ0v) is 11.3. The number of carbonyl (C=O) groups is 1. The fourth-order valence-electron chi connectivity index (χ4n) is 1.62. The summed E-state index contributed by atoms with van der Waals surface area (Å²) in [5, 5.41) is 5.17. The molecule has 0 amide bonds. The number of carbonyl (C=O) groups excluding carboxylic acids is 1. The number of esters is 1. The molecule has 0 N–H and O–H groups in total. The lowest BCUT2D eigenvalue weighted by atomic mass is 10.1. The number of rotatable bonds is 2. The second-order valence-corrected chi connectivity index (χ2v) is 4.50. The Bertz CT molecular complexity index is 608. The van der Waals surface area contributed by atoms with Crippen LogP contribution in [0.4, 0.5) is 0 Å². The van der Waals surface area contributed by atoms with Crippen LogP contribution in [0, 0.1) is 0 Å². The number of aromatic nitrogens is 2. The third kappa shape index (κ3) is 2.35. The number of hydrogen-bond acceptors (Lipinski definition) is 3. The van der Waals surface area contributed by atoms with Gasteiger partial charge in [-0.15, -0.1) is 0 Å². The lowest BCUT2D eigenvalue weighted by molar-refractivity contribution is 0.0593. The molecule has 0 unspecified atom stereocenters. The maximum atomic E-state index is 11.4. The van der Waals surface area contributed by atoms with Crippen LogP contribution in [0.5, 0.6) is 0 Å². The minimum Gasteiger partial charge on any atom is -0.464 e. The van der Waals surface area contributed by atoms with Gasteiger partial charge in [0.25, 0.3) is 0 Å². The van der Waals surface area contributed by atoms with Crippen molar-refractivity contribution in [3.63, 3.8) is 0 Å². The Morgan fingerprint density at radius 3 is 2.72 bits per heavy atom. The van der Waals surface area contributed by atoms with Crippen molar-refractivity contribution >= 4 is 29.2 Å². The van der Waals surface area contributed by atoms with Gasteiger partial charge in [0.1, 0.15) is 0 Å². The maximum Gasteiger partial charge on any atom is 0.358 e. The van der Waals surface area contributed by atoms with Gasteiger partial charge < -0.3 is 4.74 Å². The molecule has 0 spiro atoms. The van der Waals surface area contributed by atoms with E-state index in [2.05, 4.69) is 9.84 Å². The Morgan fingerprint density at radius 1 is 1.33 bits per heavy atom. The highest BCUT2D eigenvalue weighted by molar-refractivity contribution is 6.35. The predicted molar refractivity (Wildman–Crippen MR) is 70.0 cm³/mol. The molecule has 0 aliphatic rings. The molecular formula is C12H10Cl2N2O2. The molecule has 1 aromatic heterocycles. The molecule has 0 radical (unpaired) electrons. The topological polar surface area (TPSA) is 44.1 Å². The summed E-state index contributed by atoms with van der Waals surface area (Å²) < 4.78 is 6.18. The molecule has 1 aromatic carbocycles. The average Bonchev–Trinajstić information content (AvgIpc) is 2.73. The van der Waals surface area contributed by atoms with Crippen LogP contribution >= 0.6 is 23.2 Å². The van der Waals surface area contributed by atoms with Crippen LogP contribution < -0.4 is 0 Å². The molecule has 1 heterocycles. The predicted octanol–water partition coefficient (Wildman–Crippen LogP) is 3.18. The van der Waals surface area contributed by atoms with Gasteiger partial charge >= 0.3 is 5.97 Å². The van der Waals surface area contributed by atoms with Gasteiger partial charge in [-0.1, -0.05) is 23.2 Å². The van der Waals surface area contributed by atoms with E-state index in [-0.39, 0.29) is 5.69 Å². The van der Waals surface area contributed by atoms with Crippen molar-refractivity contribution in [1.29, 1.82) is 0 Å². The van der Waals surface area contributed by atoms with Gasteiger partial charge in [-0.2, -0.15) is 5.10 Å². The number of ether oxygens (including phenoxy) is 1. The van der Waals surface area contributed by atoms with Crippen molar-refractivity contribution in [1.82, 2.24) is 9.78 Å². The van der Waals surface area contributed by atoms with Crippen molar-refractivity contribution < 1.29 is 9.53 Å². The van der Waals surface area contributed by atoms with E-state index in [1.54, 1.807) is 36.0 Å². The van der Waals surface area contributed by atoms with E-state index in [0.29, 0.717) is 21.3 Å². The summed E-state index contributed by atoms with van der Waals surface area (Å²) in [5.74, 6) is -0.491. The summed E-state index contributed by atoms with van der Waals surface area (Å²) in [4.78, 5) is 11.4. The Kier molecular flexibility index (Phi) is 3.59. The molecule has 2 aromatic rings. The van der Waals surface area contributed by atoms with Gasteiger partial charge in [0.05, 0.1) is 17.8 Å². The van der Waals surface area contributed by atoms with E-state index < -0.39 is 5.97 Å². The van der Waals surface area contributed by atoms with Crippen LogP contribution in [-0.2, 0) is 11.8 Å². The zero-order valence-electron chi connectivity index (χ0n) is 9.78. The van der Waals surface area contributed by atoms with Crippen molar-refractivity contribution in [3.8, 4) is 11.3 Å². The van der Waals surface area contributed by atoms with E-state index in [4.69, 9.17) is 23.2 Å². The first kappa shape index (κ1) is 12.9. The highest BCUT2D eigenvalue weighted by Gasteiger charge is 2.16. The van der Waals surface area contributed by atoms with Crippen molar-refractivity contribution in [2.24, 2.45) is 7.05 Å². The first-order valence-electron chi connectivity index (χ1n) is 5.10. The molecule has 0 saturated carbocycles. The first-order chi connectivity index (χ1) is 8.52. The van der Waals surface area contributed by atoms with Crippen molar-refractivity contribution in [2.45, 2.75) is 0 Å². The van der Waals surface area contributed by atoms with E-state index in [0.717, 1.165) is 0 Å². The summed E-state index contributed by atoms with van der Waals surface area (Å²) in [5.41, 5.74) is 1.64. The minimum atomic E-state index is -0.491. The molecule has 0 saturated heterocycles. The summed E-state index contributed by atoms with van der Waals surface area (Å²) in [6.45, 7) is 0. The maximum absolute atomic E-state index is 11.4. The molecular weight excluding hydrogens is 275 g/mol. The molecule has 2 rings (SSSR count). The first-order valence-corrected chi connectivity index (χ1v) is 5.86. The van der Waals surface area contributed by atoms with Gasteiger partial charge in [0.15, 0.2) is 5.69 Å². The quantitative estimate of drug-likeness (QED) is 0.796. The lowest BCUT2D eigenvalue weighted by Gasteiger charge is -2.04. The minimum absolute atomic E-state index is 0.228. The summed E-state index contributed by atoms with van der Waals surface area (Å²) in [7, 11) is 3.03. The van der Waals surface area contributed by atoms with Crippen LogP contribution in [0.1, 0.15) is 10.5 Å². The van der Waals surface area contributed by atoms with Crippen molar-refractivity contribution in [3.05, 3.63) is 40.0 Å². The van der Waals surface area contributed by atoms with Gasteiger partial charge in [0, 0.05) is 17.6 Å². The van der Waals surface area contributed by atoms with Gasteiger partial charge in [-0.3, -0.25) is 4.68 Å². The Hall–Kier alpha value is -1.52. The Balaban J connectivity index is 2.54. The number of nitrogens with zero attached hydrogens (tertiary/aromatic N) is 2. The van der Waals surface area contributed by atoms with Gasteiger partial charge in [-0.25, -0.2) is 4.79 Å². The molecule has 4 nitrogen and oxygen atoms in total. The fraction of sp³-hybridized carbons (Fsp3) is 0.167. The van der Waals surface area contributed by atoms with E-state index in [1.807, 2.05) is 0 Å². The Morgan fingerprint density at radius 2 is 2.06 bits per heavy atom. The number of halogens is 2. The van der Waals surface area contributed by atoms with Crippen LogP contribution in [0.25, 0.3) is 11.3 Å². The van der Waals surface area contributed by atoms with Crippen LogP contribution in [-0.4, -0.2) is 22.9 Å². The molecule has 94 valence electrons. The number of methoxy groups -OCH3 is 1. The van der Waals surface area contributed by atoms with Crippen LogP contribution in [0.2, 0.25) is 10.0 Å². The molecule has 0 aliphatic heterocycles. The van der Waals surface area contributed by atoms with Crippen molar-refractivity contribution in [2.75, 3.05) is 7.11 Å². The zero-order chi connectivity index (χ0) is 13.3. The largest absolute Gasteiger partial charge is 0.464 e. The molecule has 18 heavy (non-hydrogen) atoms. The van der Waals surface area contributed by atoms with Gasteiger partial charge in [-0.05, 0) is 24.3 Å². The highest BCUT2D eigenvalue weighted by atomic mass is 35.5. The second-order valence-electron chi connectivity index (χ2n) is 3.65. The molecule has 0 bridgehead atoms. The monoisotopic (exact) mass is 284 g/mol. The summed E-state index contributed by atoms with van der Waals surface area (Å²) >= 11 is 12.0. The lowest BCUT2D eigenvalue weighted by Crippen LogP contribution is -2.02. The number of benzene rings is 1. The van der Waals surface area contributed by atoms with Gasteiger partial charge in [0.2, 0.25) is 0 Å². The summed E-state index contributed by atoms with van der Waals surface area (Å²) in [6, 6.07) is 6.74. The smallest absolute Gasteiger partial charge is 0.358 e. The molecule has 0 atom stereocenters. The highest BCUT2D eigenvalue weighted by Crippen LogP contribution is 2.30. The average molecular weight is 285 g/mol. The third-order valence-corrected chi connectivity index (χ3v) is 3.04. The van der Waals surface area contributed by atoms with E-state index >= 15 is 0 Å². The normalized spacial score (nSPS) is 10.4. The standard InChI is InChI=1S/C12H10Cl2N2O2/c1-16-11(6-10(15-16)12(17)18-2)8-5-7(13)3-4-9(8)14/h3-6H,1-2H3. The van der Waals surface area contributed by atoms with E-state index in [1.165, 1.54) is 7.11 Å². The molecule has 6 heteroatoms. The number of aryl methyl sites for hydroxylation is 1. The SMILES string of the molecule is COC(=O)c1cc(-c2cc(Cl)ccc2Cl)n(C)n1. The fourth-order valence-corrected chi connectivity index (χ4v) is 2.00. The Labute approximate surface area is 114 Å².